The van der Waals surface area contributed by atoms with Crippen LogP contribution in [0.25, 0.3) is 0 Å². The summed E-state index contributed by atoms with van der Waals surface area (Å²) < 4.78 is 0.450. The summed E-state index contributed by atoms with van der Waals surface area (Å²) in [6.45, 7) is 8.28. The molecule has 4 atom stereocenters. The van der Waals surface area contributed by atoms with E-state index in [1.54, 1.807) is 11.8 Å². The first-order valence-corrected chi connectivity index (χ1v) is 12.8. The van der Waals surface area contributed by atoms with Crippen LogP contribution in [0.4, 0.5) is 0 Å². The summed E-state index contributed by atoms with van der Waals surface area (Å²) in [5.74, 6) is 3.87. The van der Waals surface area contributed by atoms with Gasteiger partial charge in [-0.2, -0.15) is 37.9 Å². The first-order valence-electron chi connectivity index (χ1n) is 7.05. The van der Waals surface area contributed by atoms with Crippen LogP contribution in [0.1, 0.15) is 27.7 Å². The molecule has 0 aliphatic carbocycles. The molecule has 0 radical (unpaired) electrons. The van der Waals surface area contributed by atoms with Gasteiger partial charge in [0.1, 0.15) is 0 Å². The molecule has 0 amide bonds. The summed E-state index contributed by atoms with van der Waals surface area (Å²) in [6, 6.07) is 0. The van der Waals surface area contributed by atoms with Gasteiger partial charge in [-0.25, -0.2) is 0 Å². The molecule has 0 bridgehead atoms. The SMILES string of the molecule is CCSC(S)C(CSC(C)O)(C(S)SCC)C(S)SCC. The number of aliphatic hydroxyl groups excluding tert-OH is 1. The summed E-state index contributed by atoms with van der Waals surface area (Å²) in [4.78, 5) is 0. The van der Waals surface area contributed by atoms with Crippen molar-refractivity contribution in [2.75, 3.05) is 23.0 Å². The number of hydrogen-bond acceptors (Lipinski definition) is 8. The lowest BCUT2D eigenvalue weighted by Gasteiger charge is -2.45. The highest BCUT2D eigenvalue weighted by Crippen LogP contribution is 2.53. The summed E-state index contributed by atoms with van der Waals surface area (Å²) in [7, 11) is 0. The van der Waals surface area contributed by atoms with E-state index in [1.807, 2.05) is 42.2 Å². The molecule has 4 unspecified atom stereocenters. The van der Waals surface area contributed by atoms with Gasteiger partial charge in [0.2, 0.25) is 0 Å². The maximum absolute atomic E-state index is 9.72. The van der Waals surface area contributed by atoms with Crippen molar-refractivity contribution in [3.8, 4) is 0 Å². The molecule has 21 heavy (non-hydrogen) atoms. The van der Waals surface area contributed by atoms with Gasteiger partial charge in [0.15, 0.2) is 0 Å². The fourth-order valence-corrected chi connectivity index (χ4v) is 10.2. The van der Waals surface area contributed by atoms with Crippen molar-refractivity contribution in [2.45, 2.75) is 46.9 Å². The summed E-state index contributed by atoms with van der Waals surface area (Å²) in [6.07, 6.45) is 0. The van der Waals surface area contributed by atoms with Crippen LogP contribution in [0.2, 0.25) is 0 Å². The predicted molar refractivity (Wildman–Crippen MR) is 119 cm³/mol. The normalized spacial score (nSPS) is 20.6. The Morgan fingerprint density at radius 3 is 1.38 bits per heavy atom. The Kier molecular flexibility index (Phi) is 14.2. The topological polar surface area (TPSA) is 20.2 Å². The molecule has 0 saturated heterocycles. The van der Waals surface area contributed by atoms with Gasteiger partial charge < -0.3 is 5.11 Å². The summed E-state index contributed by atoms with van der Waals surface area (Å²) in [5.41, 5.74) is -0.533. The van der Waals surface area contributed by atoms with Gasteiger partial charge in [-0.1, -0.05) is 20.8 Å². The minimum Gasteiger partial charge on any atom is -0.383 e. The zero-order chi connectivity index (χ0) is 16.5. The molecule has 0 aromatic heterocycles. The number of hydrogen-bond donors (Lipinski definition) is 4. The van der Waals surface area contributed by atoms with Crippen molar-refractivity contribution in [1.82, 2.24) is 0 Å². The molecule has 8 heteroatoms. The van der Waals surface area contributed by atoms with E-state index in [-0.39, 0.29) is 24.6 Å². The maximum Gasteiger partial charge on any atom is 0.0964 e. The van der Waals surface area contributed by atoms with E-state index in [0.717, 1.165) is 23.0 Å². The Balaban J connectivity index is 5.44. The van der Waals surface area contributed by atoms with Crippen molar-refractivity contribution >= 4 is 84.9 Å². The summed E-state index contributed by atoms with van der Waals surface area (Å²) in [5, 5.41) is 9.72. The molecule has 0 fully saturated rings. The third-order valence-electron chi connectivity index (χ3n) is 2.93. The predicted octanol–water partition coefficient (Wildman–Crippen LogP) is 5.07. The number of thiol groups is 3. The smallest absolute Gasteiger partial charge is 0.0964 e. The molecular weight excluding hydrogens is 397 g/mol. The minimum atomic E-state index is -0.379. The fraction of sp³-hybridized carbons (Fsp3) is 1.00. The van der Waals surface area contributed by atoms with Gasteiger partial charge in [0, 0.05) is 11.2 Å². The van der Waals surface area contributed by atoms with E-state index >= 15 is 0 Å². The lowest BCUT2D eigenvalue weighted by atomic mass is 9.97. The molecule has 1 nitrogen and oxygen atoms in total. The van der Waals surface area contributed by atoms with Crippen LogP contribution in [0.3, 0.4) is 0 Å². The Bertz CT molecular complexity index is 234. The Morgan fingerprint density at radius 1 is 0.810 bits per heavy atom. The molecule has 0 aromatic carbocycles. The standard InChI is InChI=1S/C13H28OS7/c1-5-18-10(15)13(8-21-9(4)14,11(16)19-6-2)12(17)20-7-3/h9-12,14-17H,5-8H2,1-4H3. The molecular formula is C13H28OS7. The first kappa shape index (κ1) is 23.4. The first-order chi connectivity index (χ1) is 9.86. The van der Waals surface area contributed by atoms with Crippen LogP contribution in [0, 0.1) is 5.41 Å². The number of rotatable bonds is 12. The quantitative estimate of drug-likeness (QED) is 0.258. The van der Waals surface area contributed by atoms with Crippen molar-refractivity contribution in [3.05, 3.63) is 0 Å². The molecule has 0 spiro atoms. The second-order valence-electron chi connectivity index (χ2n) is 4.45. The third kappa shape index (κ3) is 7.45. The van der Waals surface area contributed by atoms with Crippen LogP contribution in [0.15, 0.2) is 0 Å². The lowest BCUT2D eigenvalue weighted by molar-refractivity contribution is 0.282. The highest BCUT2D eigenvalue weighted by atomic mass is 32.2. The van der Waals surface area contributed by atoms with Crippen LogP contribution in [-0.2, 0) is 0 Å². The second-order valence-corrected chi connectivity index (χ2v) is 12.5. The van der Waals surface area contributed by atoms with Crippen molar-refractivity contribution in [3.63, 3.8) is 0 Å². The highest BCUT2D eigenvalue weighted by Gasteiger charge is 2.48. The largest absolute Gasteiger partial charge is 0.383 e. The molecule has 1 N–H and O–H groups in total. The van der Waals surface area contributed by atoms with Crippen LogP contribution in [0.5, 0.6) is 0 Å². The Labute approximate surface area is 164 Å². The average Bonchev–Trinajstić information content (AvgIpc) is 2.40. The fourth-order valence-electron chi connectivity index (χ4n) is 1.78. The van der Waals surface area contributed by atoms with Crippen LogP contribution >= 0.6 is 84.9 Å². The third-order valence-corrected chi connectivity index (χ3v) is 10.1. The molecule has 0 aliphatic rings. The second kappa shape index (κ2) is 12.7. The number of aliphatic hydroxyl groups is 1. The van der Waals surface area contributed by atoms with Crippen molar-refractivity contribution in [2.24, 2.45) is 5.41 Å². The van der Waals surface area contributed by atoms with Crippen LogP contribution in [-0.4, -0.2) is 47.3 Å². The van der Waals surface area contributed by atoms with Gasteiger partial charge in [-0.3, -0.25) is 0 Å². The molecule has 128 valence electrons. The van der Waals surface area contributed by atoms with Crippen molar-refractivity contribution in [1.29, 1.82) is 0 Å². The van der Waals surface area contributed by atoms with Gasteiger partial charge >= 0.3 is 0 Å². The van der Waals surface area contributed by atoms with E-state index in [1.165, 1.54) is 0 Å². The van der Waals surface area contributed by atoms with Gasteiger partial charge in [0.05, 0.1) is 19.2 Å². The Morgan fingerprint density at radius 2 is 1.14 bits per heavy atom. The molecule has 0 saturated carbocycles. The Hall–Kier alpha value is 2.41. The van der Waals surface area contributed by atoms with E-state index in [9.17, 15) is 5.11 Å². The highest BCUT2D eigenvalue weighted by molar-refractivity contribution is 8.13. The lowest BCUT2D eigenvalue weighted by Crippen LogP contribution is -2.47. The van der Waals surface area contributed by atoms with Gasteiger partial charge in [-0.15, -0.1) is 47.0 Å². The number of thioether (sulfide) groups is 4. The molecule has 0 aliphatic heterocycles. The molecule has 0 heterocycles. The zero-order valence-corrected chi connectivity index (χ0v) is 19.0. The van der Waals surface area contributed by atoms with Crippen LogP contribution < -0.4 is 0 Å². The monoisotopic (exact) mass is 424 g/mol. The maximum atomic E-state index is 9.72. The molecule has 0 rings (SSSR count). The van der Waals surface area contributed by atoms with Crippen molar-refractivity contribution < 1.29 is 5.11 Å². The van der Waals surface area contributed by atoms with E-state index in [2.05, 4.69) is 20.8 Å². The van der Waals surface area contributed by atoms with E-state index in [0.29, 0.717) is 0 Å². The van der Waals surface area contributed by atoms with E-state index in [4.69, 9.17) is 37.9 Å². The van der Waals surface area contributed by atoms with Gasteiger partial charge in [-0.05, 0) is 24.2 Å². The van der Waals surface area contributed by atoms with Gasteiger partial charge in [0.25, 0.3) is 0 Å². The summed E-state index contributed by atoms with van der Waals surface area (Å²) >= 11 is 21.8. The van der Waals surface area contributed by atoms with E-state index < -0.39 is 0 Å². The molecule has 0 aromatic rings. The average molecular weight is 425 g/mol. The minimum absolute atomic E-state index is 0.150. The zero-order valence-electron chi connectivity index (χ0n) is 13.1.